The lowest BCUT2D eigenvalue weighted by atomic mass is 9.99. The van der Waals surface area contributed by atoms with E-state index in [0.717, 1.165) is 5.92 Å². The fraction of sp³-hybridized carbons (Fsp3) is 0.500. The summed E-state index contributed by atoms with van der Waals surface area (Å²) in [6.07, 6.45) is 2.66. The predicted octanol–water partition coefficient (Wildman–Crippen LogP) is 2.72. The maximum absolute atomic E-state index is 3.05. The highest BCUT2D eigenvalue weighted by molar-refractivity contribution is 5.45. The Hall–Kier alpha value is -0.980. The van der Waals surface area contributed by atoms with Crippen molar-refractivity contribution >= 4 is 5.69 Å². The first-order chi connectivity index (χ1) is 6.36. The molecule has 0 saturated carbocycles. The monoisotopic (exact) mass is 174 g/mol. The van der Waals surface area contributed by atoms with Gasteiger partial charge in [-0.1, -0.05) is 19.1 Å². The molecule has 1 heteroatoms. The van der Waals surface area contributed by atoms with Gasteiger partial charge in [-0.2, -0.15) is 0 Å². The lowest BCUT2D eigenvalue weighted by Gasteiger charge is -2.32. The van der Waals surface area contributed by atoms with Gasteiger partial charge in [0.05, 0.1) is 0 Å². The highest BCUT2D eigenvalue weighted by Gasteiger charge is 2.15. The van der Waals surface area contributed by atoms with Crippen LogP contribution in [-0.4, -0.2) is 13.1 Å². The molecule has 0 aliphatic carbocycles. The van der Waals surface area contributed by atoms with E-state index in [9.17, 15) is 0 Å². The van der Waals surface area contributed by atoms with Gasteiger partial charge in [0.15, 0.2) is 0 Å². The Bertz CT molecular complexity index is 247. The number of rotatable bonds is 1. The summed E-state index contributed by atoms with van der Waals surface area (Å²) >= 11 is 0. The van der Waals surface area contributed by atoms with Crippen molar-refractivity contribution < 1.29 is 0 Å². The van der Waals surface area contributed by atoms with E-state index in [1.807, 2.05) is 12.1 Å². The molecule has 0 aromatic heterocycles. The topological polar surface area (TPSA) is 3.24 Å². The molecule has 1 nitrogen and oxygen atoms in total. The van der Waals surface area contributed by atoms with E-state index >= 15 is 0 Å². The van der Waals surface area contributed by atoms with Crippen LogP contribution < -0.4 is 4.90 Å². The number of benzene rings is 1. The Morgan fingerprint density at radius 3 is 2.46 bits per heavy atom. The van der Waals surface area contributed by atoms with Gasteiger partial charge in [0.2, 0.25) is 0 Å². The molecular weight excluding hydrogens is 158 g/mol. The first-order valence-electron chi connectivity index (χ1n) is 5.07. The summed E-state index contributed by atoms with van der Waals surface area (Å²) < 4.78 is 0. The molecule has 1 saturated heterocycles. The first kappa shape index (κ1) is 8.61. The smallest absolute Gasteiger partial charge is 0.0366 e. The maximum Gasteiger partial charge on any atom is 0.0366 e. The van der Waals surface area contributed by atoms with Crippen molar-refractivity contribution in [3.8, 4) is 0 Å². The van der Waals surface area contributed by atoms with Gasteiger partial charge in [-0.25, -0.2) is 0 Å². The molecule has 0 atom stereocenters. The first-order valence-corrected chi connectivity index (χ1v) is 5.07. The van der Waals surface area contributed by atoms with E-state index in [4.69, 9.17) is 0 Å². The lowest BCUT2D eigenvalue weighted by Crippen LogP contribution is -2.32. The third-order valence-corrected chi connectivity index (χ3v) is 2.85. The largest absolute Gasteiger partial charge is 0.372 e. The van der Waals surface area contributed by atoms with Crippen molar-refractivity contribution in [2.45, 2.75) is 19.8 Å². The molecule has 1 aromatic rings. The maximum atomic E-state index is 3.05. The van der Waals surface area contributed by atoms with Gasteiger partial charge < -0.3 is 4.90 Å². The molecule has 13 heavy (non-hydrogen) atoms. The lowest BCUT2D eigenvalue weighted by molar-refractivity contribution is 0.438. The fourth-order valence-electron chi connectivity index (χ4n) is 1.86. The van der Waals surface area contributed by atoms with Crippen molar-refractivity contribution in [1.82, 2.24) is 0 Å². The van der Waals surface area contributed by atoms with Crippen molar-refractivity contribution in [1.29, 1.82) is 0 Å². The minimum atomic E-state index is 0.909. The van der Waals surface area contributed by atoms with Gasteiger partial charge in [0.1, 0.15) is 0 Å². The van der Waals surface area contributed by atoms with Gasteiger partial charge in [-0.15, -0.1) is 0 Å². The number of anilines is 1. The molecule has 0 unspecified atom stereocenters. The van der Waals surface area contributed by atoms with Gasteiger partial charge >= 0.3 is 0 Å². The molecule has 0 N–H and O–H groups in total. The van der Waals surface area contributed by atoms with Crippen molar-refractivity contribution in [2.75, 3.05) is 18.0 Å². The van der Waals surface area contributed by atoms with Gasteiger partial charge in [-0.05, 0) is 37.0 Å². The SMILES string of the molecule is CC1CCN(c2cc[c]cc2)CC1. The highest BCUT2D eigenvalue weighted by atomic mass is 15.1. The molecule has 0 amide bonds. The zero-order valence-corrected chi connectivity index (χ0v) is 8.16. The van der Waals surface area contributed by atoms with E-state index in [2.05, 4.69) is 30.0 Å². The highest BCUT2D eigenvalue weighted by Crippen LogP contribution is 2.21. The van der Waals surface area contributed by atoms with Crippen LogP contribution >= 0.6 is 0 Å². The molecule has 0 bridgehead atoms. The predicted molar refractivity (Wildman–Crippen MR) is 55.9 cm³/mol. The minimum absolute atomic E-state index is 0.909. The van der Waals surface area contributed by atoms with Crippen LogP contribution in [0.1, 0.15) is 19.8 Å². The van der Waals surface area contributed by atoms with Crippen molar-refractivity contribution in [3.63, 3.8) is 0 Å². The molecule has 69 valence electrons. The number of hydrogen-bond acceptors (Lipinski definition) is 1. The van der Waals surface area contributed by atoms with Crippen molar-refractivity contribution in [2.24, 2.45) is 5.92 Å². The van der Waals surface area contributed by atoms with Crippen LogP contribution in [0.3, 0.4) is 0 Å². The third-order valence-electron chi connectivity index (χ3n) is 2.85. The van der Waals surface area contributed by atoms with E-state index in [-0.39, 0.29) is 0 Å². The summed E-state index contributed by atoms with van der Waals surface area (Å²) in [5.41, 5.74) is 1.35. The average Bonchev–Trinajstić information content (AvgIpc) is 2.20. The molecule has 1 aromatic carbocycles. The van der Waals surface area contributed by atoms with Crippen LogP contribution in [0.2, 0.25) is 0 Å². The van der Waals surface area contributed by atoms with Gasteiger partial charge in [-0.3, -0.25) is 0 Å². The molecule has 1 radical (unpaired) electrons. The third kappa shape index (κ3) is 2.03. The van der Waals surface area contributed by atoms with Crippen LogP contribution in [0.25, 0.3) is 0 Å². The summed E-state index contributed by atoms with van der Waals surface area (Å²) in [6, 6.07) is 11.3. The van der Waals surface area contributed by atoms with E-state index < -0.39 is 0 Å². The summed E-state index contributed by atoms with van der Waals surface area (Å²) in [5, 5.41) is 0. The zero-order chi connectivity index (χ0) is 9.10. The summed E-state index contributed by atoms with van der Waals surface area (Å²) in [6.45, 7) is 4.77. The van der Waals surface area contributed by atoms with Crippen LogP contribution in [0.5, 0.6) is 0 Å². The fourth-order valence-corrected chi connectivity index (χ4v) is 1.86. The summed E-state index contributed by atoms with van der Waals surface area (Å²) in [5.74, 6) is 0.909. The molecular formula is C12H16N. The Balaban J connectivity index is 2.03. The number of nitrogens with zero attached hydrogens (tertiary/aromatic N) is 1. The van der Waals surface area contributed by atoms with Crippen molar-refractivity contribution in [3.05, 3.63) is 30.3 Å². The Labute approximate surface area is 80.4 Å². The normalized spacial score (nSPS) is 19.0. The molecule has 1 heterocycles. The summed E-state index contributed by atoms with van der Waals surface area (Å²) in [4.78, 5) is 2.47. The van der Waals surface area contributed by atoms with Gasteiger partial charge in [0.25, 0.3) is 0 Å². The van der Waals surface area contributed by atoms with E-state index in [0.29, 0.717) is 0 Å². The minimum Gasteiger partial charge on any atom is -0.372 e. The van der Waals surface area contributed by atoms with Crippen LogP contribution in [0.15, 0.2) is 24.3 Å². The van der Waals surface area contributed by atoms with E-state index in [1.54, 1.807) is 0 Å². The standard InChI is InChI=1S/C12H16N/c1-11-7-9-13(10-8-11)12-5-3-2-4-6-12/h3-6,11H,7-10H2,1H3. The average molecular weight is 174 g/mol. The van der Waals surface area contributed by atoms with Crippen LogP contribution in [0, 0.1) is 12.0 Å². The molecule has 1 aliphatic rings. The second-order valence-electron chi connectivity index (χ2n) is 3.93. The van der Waals surface area contributed by atoms with Gasteiger partial charge in [0, 0.05) is 18.8 Å². The van der Waals surface area contributed by atoms with Crippen LogP contribution in [0.4, 0.5) is 5.69 Å². The zero-order valence-electron chi connectivity index (χ0n) is 8.16. The molecule has 2 rings (SSSR count). The second kappa shape index (κ2) is 3.82. The second-order valence-corrected chi connectivity index (χ2v) is 3.93. The Morgan fingerprint density at radius 1 is 1.23 bits per heavy atom. The molecule has 0 spiro atoms. The van der Waals surface area contributed by atoms with E-state index in [1.165, 1.54) is 31.6 Å². The Kier molecular flexibility index (Phi) is 2.53. The summed E-state index contributed by atoms with van der Waals surface area (Å²) in [7, 11) is 0. The Morgan fingerprint density at radius 2 is 1.85 bits per heavy atom. The molecule has 1 aliphatic heterocycles. The quantitative estimate of drug-likeness (QED) is 0.632. The molecule has 1 fully saturated rings. The number of hydrogen-bond donors (Lipinski definition) is 0. The number of piperidine rings is 1. The van der Waals surface area contributed by atoms with Crippen LogP contribution in [-0.2, 0) is 0 Å².